The van der Waals surface area contributed by atoms with Gasteiger partial charge in [-0.1, -0.05) is 18.2 Å². The van der Waals surface area contributed by atoms with Gasteiger partial charge in [-0.3, -0.25) is 4.79 Å². The topological polar surface area (TPSA) is 38.8 Å². The molecule has 0 aromatic rings. The van der Waals surface area contributed by atoms with Crippen LogP contribution in [0.3, 0.4) is 0 Å². The molecule has 0 spiro atoms. The molecule has 84 valence electrons. The van der Waals surface area contributed by atoms with Gasteiger partial charge in [-0.15, -0.1) is 0 Å². The van der Waals surface area contributed by atoms with E-state index in [9.17, 15) is 4.79 Å². The second-order valence-corrected chi connectivity index (χ2v) is 4.25. The van der Waals surface area contributed by atoms with Crippen LogP contribution in [0.4, 0.5) is 0 Å². The molecule has 1 aliphatic rings. The maximum Gasteiger partial charge on any atom is 0.303 e. The van der Waals surface area contributed by atoms with Crippen molar-refractivity contribution in [2.75, 3.05) is 0 Å². The van der Waals surface area contributed by atoms with E-state index < -0.39 is 5.60 Å². The maximum absolute atomic E-state index is 10.9. The van der Waals surface area contributed by atoms with E-state index in [1.54, 1.807) is 6.08 Å². The Morgan fingerprint density at radius 3 is 2.47 bits per heavy atom. The third kappa shape index (κ3) is 2.93. The molecule has 0 aliphatic carbocycles. The number of esters is 1. The number of rotatable bonds is 4. The number of hydrogen-bond acceptors (Lipinski definition) is 3. The van der Waals surface area contributed by atoms with Gasteiger partial charge in [0.05, 0.1) is 0 Å². The Hall–Kier alpha value is -1.09. The van der Waals surface area contributed by atoms with E-state index >= 15 is 0 Å². The van der Waals surface area contributed by atoms with E-state index in [-0.39, 0.29) is 18.2 Å². The molecule has 0 amide bonds. The number of epoxide rings is 1. The van der Waals surface area contributed by atoms with Crippen LogP contribution in [0.1, 0.15) is 27.7 Å². The molecule has 0 aromatic carbocycles. The first-order valence-electron chi connectivity index (χ1n) is 5.02. The van der Waals surface area contributed by atoms with E-state index in [1.807, 2.05) is 26.8 Å². The number of ether oxygens (including phenoxy) is 2. The lowest BCUT2D eigenvalue weighted by atomic mass is 9.99. The summed E-state index contributed by atoms with van der Waals surface area (Å²) in [6, 6.07) is 0. The van der Waals surface area contributed by atoms with Crippen molar-refractivity contribution in [2.45, 2.75) is 45.5 Å². The molecule has 0 saturated carbocycles. The molecule has 1 heterocycles. The van der Waals surface area contributed by atoms with Crippen LogP contribution in [-0.2, 0) is 14.3 Å². The third-order valence-electron chi connectivity index (χ3n) is 2.36. The lowest BCUT2D eigenvalue weighted by molar-refractivity contribution is -0.152. The summed E-state index contributed by atoms with van der Waals surface area (Å²) in [4.78, 5) is 10.9. The Balaban J connectivity index is 2.67. The van der Waals surface area contributed by atoms with Gasteiger partial charge in [0, 0.05) is 6.92 Å². The summed E-state index contributed by atoms with van der Waals surface area (Å²) >= 11 is 0. The minimum atomic E-state index is -0.720. The standard InChI is InChI=1S/C12H18O3/c1-6-12(5,15-9(4)13)11-10(14-11)7-8(2)3/h6-7,10-11H,1H2,2-5H3. The molecule has 0 N–H and O–H groups in total. The van der Waals surface area contributed by atoms with Gasteiger partial charge in [0.2, 0.25) is 0 Å². The predicted molar refractivity (Wildman–Crippen MR) is 58.5 cm³/mol. The molecule has 0 bridgehead atoms. The quantitative estimate of drug-likeness (QED) is 0.406. The SMILES string of the molecule is C=CC(C)(OC(C)=O)C1OC1C=C(C)C. The summed E-state index contributed by atoms with van der Waals surface area (Å²) in [5, 5.41) is 0. The summed E-state index contributed by atoms with van der Waals surface area (Å²) < 4.78 is 10.7. The van der Waals surface area contributed by atoms with Crippen molar-refractivity contribution in [2.24, 2.45) is 0 Å². The minimum Gasteiger partial charge on any atom is -0.452 e. The highest BCUT2D eigenvalue weighted by molar-refractivity contribution is 5.67. The van der Waals surface area contributed by atoms with Crippen LogP contribution in [0.5, 0.6) is 0 Å². The summed E-state index contributed by atoms with van der Waals surface area (Å²) in [7, 11) is 0. The normalized spacial score (nSPS) is 27.5. The highest BCUT2D eigenvalue weighted by Crippen LogP contribution is 2.37. The molecule has 15 heavy (non-hydrogen) atoms. The average Bonchev–Trinajstić information content (AvgIpc) is 2.82. The summed E-state index contributed by atoms with van der Waals surface area (Å²) in [6.45, 7) is 10.9. The van der Waals surface area contributed by atoms with Crippen molar-refractivity contribution < 1.29 is 14.3 Å². The van der Waals surface area contributed by atoms with Gasteiger partial charge >= 0.3 is 5.97 Å². The second-order valence-electron chi connectivity index (χ2n) is 4.25. The third-order valence-corrected chi connectivity index (χ3v) is 2.36. The molecule has 1 aliphatic heterocycles. The minimum absolute atomic E-state index is 0.0392. The van der Waals surface area contributed by atoms with E-state index in [0.717, 1.165) is 0 Å². The average molecular weight is 210 g/mol. The number of hydrogen-bond donors (Lipinski definition) is 0. The van der Waals surface area contributed by atoms with Crippen LogP contribution in [0.25, 0.3) is 0 Å². The fraction of sp³-hybridized carbons (Fsp3) is 0.583. The largest absolute Gasteiger partial charge is 0.452 e. The van der Waals surface area contributed by atoms with Crippen LogP contribution in [0.2, 0.25) is 0 Å². The van der Waals surface area contributed by atoms with Crippen molar-refractivity contribution in [1.29, 1.82) is 0 Å². The first-order chi connectivity index (χ1) is 6.89. The highest BCUT2D eigenvalue weighted by atomic mass is 16.6. The summed E-state index contributed by atoms with van der Waals surface area (Å²) in [5.74, 6) is -0.316. The van der Waals surface area contributed by atoms with E-state index in [0.29, 0.717) is 0 Å². The molecule has 3 nitrogen and oxygen atoms in total. The van der Waals surface area contributed by atoms with Crippen LogP contribution in [0.15, 0.2) is 24.3 Å². The monoisotopic (exact) mass is 210 g/mol. The highest BCUT2D eigenvalue weighted by Gasteiger charge is 2.51. The number of carbonyl (C=O) groups is 1. The maximum atomic E-state index is 10.9. The van der Waals surface area contributed by atoms with Crippen LogP contribution >= 0.6 is 0 Å². The molecule has 1 fully saturated rings. The molecular weight excluding hydrogens is 192 g/mol. The lowest BCUT2D eigenvalue weighted by Crippen LogP contribution is -2.35. The fourth-order valence-electron chi connectivity index (χ4n) is 1.57. The van der Waals surface area contributed by atoms with Crippen molar-refractivity contribution in [3.05, 3.63) is 24.3 Å². The first-order valence-corrected chi connectivity index (χ1v) is 5.02. The molecule has 3 heteroatoms. The van der Waals surface area contributed by atoms with Crippen molar-refractivity contribution >= 4 is 5.97 Å². The zero-order valence-electron chi connectivity index (χ0n) is 9.74. The van der Waals surface area contributed by atoms with Gasteiger partial charge in [-0.2, -0.15) is 0 Å². The molecule has 3 unspecified atom stereocenters. The van der Waals surface area contributed by atoms with Crippen LogP contribution < -0.4 is 0 Å². The van der Waals surface area contributed by atoms with Gasteiger partial charge in [-0.25, -0.2) is 0 Å². The molecule has 3 atom stereocenters. The Morgan fingerprint density at radius 2 is 2.07 bits per heavy atom. The van der Waals surface area contributed by atoms with E-state index in [4.69, 9.17) is 9.47 Å². The van der Waals surface area contributed by atoms with Gasteiger partial charge in [0.25, 0.3) is 0 Å². The summed E-state index contributed by atoms with van der Waals surface area (Å²) in [5.41, 5.74) is 0.472. The Morgan fingerprint density at radius 1 is 1.47 bits per heavy atom. The van der Waals surface area contributed by atoms with E-state index in [1.165, 1.54) is 12.5 Å². The molecule has 0 aromatic heterocycles. The van der Waals surface area contributed by atoms with E-state index in [2.05, 4.69) is 6.58 Å². The number of allylic oxidation sites excluding steroid dienone is 1. The van der Waals surface area contributed by atoms with Gasteiger partial charge in [0.1, 0.15) is 12.2 Å². The van der Waals surface area contributed by atoms with Crippen molar-refractivity contribution in [1.82, 2.24) is 0 Å². The zero-order chi connectivity index (χ0) is 11.6. The molecular formula is C12H18O3. The Kier molecular flexibility index (Phi) is 3.35. The van der Waals surface area contributed by atoms with Crippen molar-refractivity contribution in [3.8, 4) is 0 Å². The van der Waals surface area contributed by atoms with Gasteiger partial charge in [-0.05, 0) is 26.8 Å². The Labute approximate surface area is 90.8 Å². The van der Waals surface area contributed by atoms with Gasteiger partial charge in [0.15, 0.2) is 5.60 Å². The van der Waals surface area contributed by atoms with Crippen molar-refractivity contribution in [3.63, 3.8) is 0 Å². The summed E-state index contributed by atoms with van der Waals surface area (Å²) in [6.07, 6.45) is 3.58. The predicted octanol–water partition coefficient (Wildman–Crippen LogP) is 2.23. The molecule has 1 rings (SSSR count). The molecule has 1 saturated heterocycles. The number of carbonyl (C=O) groups excluding carboxylic acids is 1. The zero-order valence-corrected chi connectivity index (χ0v) is 9.74. The van der Waals surface area contributed by atoms with Gasteiger partial charge < -0.3 is 9.47 Å². The van der Waals surface area contributed by atoms with Crippen LogP contribution in [-0.4, -0.2) is 23.8 Å². The lowest BCUT2D eigenvalue weighted by Gasteiger charge is -2.23. The Bertz CT molecular complexity index is 302. The molecule has 0 radical (unpaired) electrons. The second kappa shape index (κ2) is 4.19. The van der Waals surface area contributed by atoms with Crippen LogP contribution in [0, 0.1) is 0 Å². The smallest absolute Gasteiger partial charge is 0.303 e. The fourth-order valence-corrected chi connectivity index (χ4v) is 1.57. The first kappa shape index (κ1) is 12.0.